The van der Waals surface area contributed by atoms with E-state index in [1.54, 1.807) is 6.07 Å². The standard InChI is InChI=1S/C30H31NO4/c1-17-7-13-25(21(5)29(17)33)31(26-14-8-18(2)30(34)22(26)6)23-9-11-24(12-10-23)35-28-16-27(32)19(3)15-20(28)4/h7-16,32-34H,1-6H3. The van der Waals surface area contributed by atoms with Gasteiger partial charge in [0.1, 0.15) is 28.7 Å². The Morgan fingerprint density at radius 3 is 1.60 bits per heavy atom. The maximum atomic E-state index is 10.7. The van der Waals surface area contributed by atoms with Gasteiger partial charge in [0.25, 0.3) is 0 Å². The number of benzene rings is 4. The Morgan fingerprint density at radius 1 is 0.571 bits per heavy atom. The fourth-order valence-corrected chi connectivity index (χ4v) is 4.26. The lowest BCUT2D eigenvalue weighted by Crippen LogP contribution is -2.13. The van der Waals surface area contributed by atoms with Crippen LogP contribution in [-0.4, -0.2) is 15.3 Å². The first-order valence-electron chi connectivity index (χ1n) is 11.5. The molecule has 4 rings (SSSR count). The Kier molecular flexibility index (Phi) is 6.35. The van der Waals surface area contributed by atoms with E-state index in [2.05, 4.69) is 0 Å². The van der Waals surface area contributed by atoms with Gasteiger partial charge in [0.05, 0.1) is 11.4 Å². The van der Waals surface area contributed by atoms with Crippen LogP contribution in [0.5, 0.6) is 28.7 Å². The molecule has 180 valence electrons. The molecule has 4 aromatic carbocycles. The highest BCUT2D eigenvalue weighted by Crippen LogP contribution is 2.44. The van der Waals surface area contributed by atoms with E-state index in [0.717, 1.165) is 50.4 Å². The van der Waals surface area contributed by atoms with Gasteiger partial charge in [-0.25, -0.2) is 0 Å². The van der Waals surface area contributed by atoms with Crippen LogP contribution in [0.2, 0.25) is 0 Å². The third-order valence-electron chi connectivity index (χ3n) is 6.51. The quantitative estimate of drug-likeness (QED) is 0.277. The summed E-state index contributed by atoms with van der Waals surface area (Å²) in [6.45, 7) is 11.3. The van der Waals surface area contributed by atoms with E-state index in [1.165, 1.54) is 0 Å². The van der Waals surface area contributed by atoms with Gasteiger partial charge >= 0.3 is 0 Å². The summed E-state index contributed by atoms with van der Waals surface area (Å²) in [6.07, 6.45) is 0. The number of aromatic hydroxyl groups is 3. The van der Waals surface area contributed by atoms with Crippen molar-refractivity contribution in [3.05, 3.63) is 94.0 Å². The van der Waals surface area contributed by atoms with Crippen molar-refractivity contribution in [1.82, 2.24) is 0 Å². The van der Waals surface area contributed by atoms with Crippen molar-refractivity contribution >= 4 is 17.1 Å². The van der Waals surface area contributed by atoms with Crippen LogP contribution in [-0.2, 0) is 0 Å². The number of phenols is 3. The van der Waals surface area contributed by atoms with Crippen molar-refractivity contribution in [3.63, 3.8) is 0 Å². The van der Waals surface area contributed by atoms with Crippen molar-refractivity contribution in [3.8, 4) is 28.7 Å². The second-order valence-electron chi connectivity index (χ2n) is 9.09. The van der Waals surface area contributed by atoms with Gasteiger partial charge in [0.2, 0.25) is 0 Å². The highest BCUT2D eigenvalue weighted by Gasteiger charge is 2.21. The topological polar surface area (TPSA) is 73.2 Å². The molecule has 5 heteroatoms. The predicted molar refractivity (Wildman–Crippen MR) is 141 cm³/mol. The van der Waals surface area contributed by atoms with Crippen LogP contribution in [0.3, 0.4) is 0 Å². The molecule has 0 atom stereocenters. The molecule has 0 aliphatic heterocycles. The zero-order chi connectivity index (χ0) is 25.4. The number of nitrogens with zero attached hydrogens (tertiary/aromatic N) is 1. The Hall–Kier alpha value is -4.12. The number of phenolic OH excluding ortho intramolecular Hbond substituents is 3. The summed E-state index contributed by atoms with van der Waals surface area (Å²) in [7, 11) is 0. The zero-order valence-corrected chi connectivity index (χ0v) is 21.0. The lowest BCUT2D eigenvalue weighted by Gasteiger charge is -2.29. The third-order valence-corrected chi connectivity index (χ3v) is 6.51. The van der Waals surface area contributed by atoms with Gasteiger partial charge in [-0.1, -0.05) is 12.1 Å². The first-order chi connectivity index (χ1) is 16.6. The second-order valence-corrected chi connectivity index (χ2v) is 9.09. The summed E-state index contributed by atoms with van der Waals surface area (Å²) in [5, 5.41) is 31.4. The van der Waals surface area contributed by atoms with Crippen LogP contribution < -0.4 is 9.64 Å². The molecule has 0 heterocycles. The molecule has 0 aliphatic carbocycles. The number of anilines is 3. The van der Waals surface area contributed by atoms with Gasteiger partial charge < -0.3 is 25.0 Å². The largest absolute Gasteiger partial charge is 0.508 e. The third kappa shape index (κ3) is 4.50. The molecule has 0 unspecified atom stereocenters. The van der Waals surface area contributed by atoms with Gasteiger partial charge in [-0.05, 0) is 106 Å². The average Bonchev–Trinajstić information content (AvgIpc) is 2.83. The molecule has 0 saturated heterocycles. The average molecular weight is 470 g/mol. The van der Waals surface area contributed by atoms with E-state index < -0.39 is 0 Å². The minimum absolute atomic E-state index is 0.192. The molecule has 0 spiro atoms. The predicted octanol–water partition coefficient (Wildman–Crippen LogP) is 7.92. The molecular weight excluding hydrogens is 438 g/mol. The molecule has 0 saturated carbocycles. The summed E-state index contributed by atoms with van der Waals surface area (Å²) in [5.74, 6) is 1.91. The zero-order valence-electron chi connectivity index (χ0n) is 21.0. The van der Waals surface area contributed by atoms with E-state index in [9.17, 15) is 15.3 Å². The van der Waals surface area contributed by atoms with Crippen LogP contribution in [0, 0.1) is 41.5 Å². The summed E-state index contributed by atoms with van der Waals surface area (Å²) >= 11 is 0. The number of aryl methyl sites for hydroxylation is 4. The van der Waals surface area contributed by atoms with Crippen molar-refractivity contribution in [1.29, 1.82) is 0 Å². The van der Waals surface area contributed by atoms with Crippen molar-refractivity contribution < 1.29 is 20.1 Å². The van der Waals surface area contributed by atoms with E-state index in [-0.39, 0.29) is 17.2 Å². The number of hydrogen-bond acceptors (Lipinski definition) is 5. The SMILES string of the molecule is Cc1cc(C)c(Oc2ccc(N(c3ccc(C)c(O)c3C)c3ccc(C)c(O)c3C)cc2)cc1O. The molecule has 0 fully saturated rings. The number of ether oxygens (including phenoxy) is 1. The fourth-order valence-electron chi connectivity index (χ4n) is 4.26. The Morgan fingerprint density at radius 2 is 1.09 bits per heavy atom. The van der Waals surface area contributed by atoms with E-state index in [1.807, 2.05) is 101 Å². The molecule has 0 aliphatic rings. The van der Waals surface area contributed by atoms with Crippen LogP contribution in [0.25, 0.3) is 0 Å². The molecule has 0 bridgehead atoms. The van der Waals surface area contributed by atoms with Gasteiger partial charge in [0.15, 0.2) is 0 Å². The lowest BCUT2D eigenvalue weighted by molar-refractivity contribution is 0.450. The Balaban J connectivity index is 1.80. The highest BCUT2D eigenvalue weighted by atomic mass is 16.5. The van der Waals surface area contributed by atoms with Gasteiger partial charge in [-0.2, -0.15) is 0 Å². The molecule has 0 amide bonds. The van der Waals surface area contributed by atoms with E-state index in [0.29, 0.717) is 11.5 Å². The van der Waals surface area contributed by atoms with Gasteiger partial charge in [-0.3, -0.25) is 0 Å². The van der Waals surface area contributed by atoms with Crippen LogP contribution in [0.15, 0.2) is 60.7 Å². The molecule has 5 nitrogen and oxygen atoms in total. The molecular formula is C30H31NO4. The normalized spacial score (nSPS) is 10.9. The Labute approximate surface area is 206 Å². The number of hydrogen-bond donors (Lipinski definition) is 3. The van der Waals surface area contributed by atoms with Crippen LogP contribution in [0.4, 0.5) is 17.1 Å². The highest BCUT2D eigenvalue weighted by molar-refractivity contribution is 5.82. The van der Waals surface area contributed by atoms with Crippen molar-refractivity contribution in [2.45, 2.75) is 41.5 Å². The smallest absolute Gasteiger partial charge is 0.134 e. The summed E-state index contributed by atoms with van der Waals surface area (Å²) in [5.41, 5.74) is 7.30. The molecule has 4 aromatic rings. The summed E-state index contributed by atoms with van der Waals surface area (Å²) in [6, 6.07) is 18.8. The fraction of sp³-hybridized carbons (Fsp3) is 0.200. The van der Waals surface area contributed by atoms with E-state index >= 15 is 0 Å². The second kappa shape index (κ2) is 9.26. The maximum Gasteiger partial charge on any atom is 0.134 e. The monoisotopic (exact) mass is 469 g/mol. The number of rotatable bonds is 5. The lowest BCUT2D eigenvalue weighted by atomic mass is 10.0. The van der Waals surface area contributed by atoms with Gasteiger partial charge in [0, 0.05) is 22.9 Å². The molecule has 35 heavy (non-hydrogen) atoms. The van der Waals surface area contributed by atoms with Crippen LogP contribution >= 0.6 is 0 Å². The van der Waals surface area contributed by atoms with Crippen LogP contribution in [0.1, 0.15) is 33.4 Å². The van der Waals surface area contributed by atoms with E-state index in [4.69, 9.17) is 4.74 Å². The first kappa shape index (κ1) is 24.0. The minimum Gasteiger partial charge on any atom is -0.508 e. The molecule has 0 aromatic heterocycles. The minimum atomic E-state index is 0.192. The summed E-state index contributed by atoms with van der Waals surface area (Å²) < 4.78 is 6.05. The van der Waals surface area contributed by atoms with Crippen molar-refractivity contribution in [2.75, 3.05) is 4.90 Å². The Bertz CT molecular complexity index is 1350. The molecule has 3 N–H and O–H groups in total. The maximum absolute atomic E-state index is 10.7. The molecule has 0 radical (unpaired) electrons. The van der Waals surface area contributed by atoms with Gasteiger partial charge in [-0.15, -0.1) is 0 Å². The first-order valence-corrected chi connectivity index (χ1v) is 11.5. The van der Waals surface area contributed by atoms with Crippen molar-refractivity contribution in [2.24, 2.45) is 0 Å². The summed E-state index contributed by atoms with van der Waals surface area (Å²) in [4.78, 5) is 2.02.